The van der Waals surface area contributed by atoms with Crippen LogP contribution < -0.4 is 0 Å². The summed E-state index contributed by atoms with van der Waals surface area (Å²) in [5.74, 6) is 0.551. The van der Waals surface area contributed by atoms with Crippen LogP contribution in [0.4, 0.5) is 0 Å². The van der Waals surface area contributed by atoms with E-state index in [0.29, 0.717) is 24.9 Å². The zero-order valence-electron chi connectivity index (χ0n) is 14.3. The van der Waals surface area contributed by atoms with Crippen LogP contribution in [0.25, 0.3) is 0 Å². The van der Waals surface area contributed by atoms with Gasteiger partial charge in [0.05, 0.1) is 19.8 Å². The molecule has 2 saturated carbocycles. The lowest BCUT2D eigenvalue weighted by Gasteiger charge is -2.27. The van der Waals surface area contributed by atoms with Gasteiger partial charge in [-0.15, -0.1) is 0 Å². The lowest BCUT2D eigenvalue weighted by atomic mass is 9.85. The number of methoxy groups -OCH3 is 1. The number of carbonyl (C=O) groups excluding carboxylic acids is 2. The molecular formula is C18H30O5. The summed E-state index contributed by atoms with van der Waals surface area (Å²) in [6, 6.07) is 0. The van der Waals surface area contributed by atoms with Crippen LogP contribution in [-0.2, 0) is 23.8 Å². The van der Waals surface area contributed by atoms with Crippen LogP contribution in [0.3, 0.4) is 0 Å². The molecule has 23 heavy (non-hydrogen) atoms. The van der Waals surface area contributed by atoms with Gasteiger partial charge in [-0.25, -0.2) is 4.79 Å². The molecule has 2 aliphatic carbocycles. The van der Waals surface area contributed by atoms with Crippen LogP contribution in [0.2, 0.25) is 0 Å². The maximum Gasteiger partial charge on any atom is 0.332 e. The average Bonchev–Trinajstić information content (AvgIpc) is 2.60. The minimum absolute atomic E-state index is 0.0546. The summed E-state index contributed by atoms with van der Waals surface area (Å²) in [5, 5.41) is 0. The van der Waals surface area contributed by atoms with Crippen molar-refractivity contribution in [1.29, 1.82) is 0 Å². The molecule has 0 aromatic carbocycles. The third kappa shape index (κ3) is 6.90. The molecule has 0 aromatic heterocycles. The number of rotatable bonds is 7. The lowest BCUT2D eigenvalue weighted by Crippen LogP contribution is -2.27. The van der Waals surface area contributed by atoms with Crippen LogP contribution in [0.5, 0.6) is 0 Å². The van der Waals surface area contributed by atoms with Crippen molar-refractivity contribution in [3.8, 4) is 0 Å². The highest BCUT2D eigenvalue weighted by molar-refractivity contribution is 5.70. The topological polar surface area (TPSA) is 61.8 Å². The van der Waals surface area contributed by atoms with Crippen LogP contribution >= 0.6 is 0 Å². The Morgan fingerprint density at radius 1 is 0.870 bits per heavy atom. The fourth-order valence-corrected chi connectivity index (χ4v) is 3.61. The molecule has 2 aliphatic rings. The van der Waals surface area contributed by atoms with E-state index in [9.17, 15) is 9.59 Å². The number of ether oxygens (including phenoxy) is 3. The normalized spacial score (nSPS) is 25.8. The Labute approximate surface area is 139 Å². The molecule has 0 aliphatic heterocycles. The fourth-order valence-electron chi connectivity index (χ4n) is 3.61. The van der Waals surface area contributed by atoms with Crippen molar-refractivity contribution >= 4 is 11.9 Å². The molecule has 0 atom stereocenters. The number of esters is 2. The predicted octanol–water partition coefficient (Wildman–Crippen LogP) is 3.25. The zero-order chi connectivity index (χ0) is 16.5. The molecule has 0 unspecified atom stereocenters. The molecule has 0 saturated heterocycles. The van der Waals surface area contributed by atoms with Crippen LogP contribution in [-0.4, -0.2) is 38.4 Å². The quantitative estimate of drug-likeness (QED) is 0.672. The van der Waals surface area contributed by atoms with Crippen LogP contribution in [0.15, 0.2) is 0 Å². The standard InChI is InChI=1S/C18H30O5/c1-21-17(19)11-14-7-9-16(10-8-14)22-13-18(20)23-12-15-5-3-2-4-6-15/h14-16H,2-13H2,1H3. The van der Waals surface area contributed by atoms with Crippen molar-refractivity contribution in [2.45, 2.75) is 70.3 Å². The van der Waals surface area contributed by atoms with Crippen molar-refractivity contribution in [2.24, 2.45) is 11.8 Å². The van der Waals surface area contributed by atoms with Gasteiger partial charge < -0.3 is 14.2 Å². The Morgan fingerprint density at radius 2 is 1.57 bits per heavy atom. The summed E-state index contributed by atoms with van der Waals surface area (Å²) in [7, 11) is 1.43. The van der Waals surface area contributed by atoms with Gasteiger partial charge in [-0.2, -0.15) is 0 Å². The summed E-state index contributed by atoms with van der Waals surface area (Å²) < 4.78 is 15.7. The largest absolute Gasteiger partial charge is 0.469 e. The number of hydrogen-bond acceptors (Lipinski definition) is 5. The second kappa shape index (κ2) is 9.91. The maximum atomic E-state index is 11.8. The van der Waals surface area contributed by atoms with Gasteiger partial charge in [-0.05, 0) is 50.4 Å². The molecule has 0 amide bonds. The van der Waals surface area contributed by atoms with Gasteiger partial charge >= 0.3 is 11.9 Å². The van der Waals surface area contributed by atoms with Gasteiger partial charge in [-0.3, -0.25) is 4.79 Å². The number of hydrogen-bond donors (Lipinski definition) is 0. The summed E-state index contributed by atoms with van der Waals surface area (Å²) in [5.41, 5.74) is 0. The van der Waals surface area contributed by atoms with E-state index < -0.39 is 0 Å². The van der Waals surface area contributed by atoms with Crippen LogP contribution in [0, 0.1) is 11.8 Å². The zero-order valence-corrected chi connectivity index (χ0v) is 14.3. The Kier molecular flexibility index (Phi) is 7.86. The molecule has 5 heteroatoms. The fraction of sp³-hybridized carbons (Fsp3) is 0.889. The maximum absolute atomic E-state index is 11.8. The number of carbonyl (C=O) groups is 2. The first-order chi connectivity index (χ1) is 11.2. The van der Waals surface area contributed by atoms with E-state index in [-0.39, 0.29) is 24.6 Å². The van der Waals surface area contributed by atoms with Gasteiger partial charge in [-0.1, -0.05) is 19.3 Å². The Hall–Kier alpha value is -1.10. The Balaban J connectivity index is 1.54. The van der Waals surface area contributed by atoms with E-state index >= 15 is 0 Å². The predicted molar refractivity (Wildman–Crippen MR) is 85.9 cm³/mol. The summed E-state index contributed by atoms with van der Waals surface area (Å²) >= 11 is 0. The van der Waals surface area contributed by atoms with Crippen molar-refractivity contribution in [3.05, 3.63) is 0 Å². The van der Waals surface area contributed by atoms with Gasteiger partial charge in [0.1, 0.15) is 6.61 Å². The lowest BCUT2D eigenvalue weighted by molar-refractivity contribution is -0.153. The molecule has 0 spiro atoms. The van der Waals surface area contributed by atoms with E-state index in [1.165, 1.54) is 39.2 Å². The van der Waals surface area contributed by atoms with E-state index in [0.717, 1.165) is 25.7 Å². The van der Waals surface area contributed by atoms with Crippen molar-refractivity contribution in [2.75, 3.05) is 20.3 Å². The highest BCUT2D eigenvalue weighted by atomic mass is 16.6. The van der Waals surface area contributed by atoms with Crippen molar-refractivity contribution in [3.63, 3.8) is 0 Å². The average molecular weight is 326 g/mol. The molecule has 5 nitrogen and oxygen atoms in total. The van der Waals surface area contributed by atoms with E-state index in [4.69, 9.17) is 14.2 Å². The first-order valence-corrected chi connectivity index (χ1v) is 9.01. The molecular weight excluding hydrogens is 296 g/mol. The third-order valence-corrected chi connectivity index (χ3v) is 5.12. The second-order valence-electron chi connectivity index (χ2n) is 6.92. The molecule has 132 valence electrons. The van der Waals surface area contributed by atoms with Gasteiger partial charge in [0.2, 0.25) is 0 Å². The van der Waals surface area contributed by atoms with E-state index in [1.54, 1.807) is 0 Å². The summed E-state index contributed by atoms with van der Waals surface area (Å²) in [4.78, 5) is 23.0. The SMILES string of the molecule is COC(=O)CC1CCC(OCC(=O)OCC2CCCCC2)CC1. The monoisotopic (exact) mass is 326 g/mol. The molecule has 2 fully saturated rings. The minimum Gasteiger partial charge on any atom is -0.469 e. The van der Waals surface area contributed by atoms with E-state index in [1.807, 2.05) is 0 Å². The first kappa shape index (κ1) is 18.2. The molecule has 0 radical (unpaired) electrons. The van der Waals surface area contributed by atoms with E-state index in [2.05, 4.69) is 0 Å². The molecule has 0 N–H and O–H groups in total. The highest BCUT2D eigenvalue weighted by Crippen LogP contribution is 2.29. The Bertz CT molecular complexity index is 368. The first-order valence-electron chi connectivity index (χ1n) is 9.01. The molecule has 0 aromatic rings. The third-order valence-electron chi connectivity index (χ3n) is 5.12. The van der Waals surface area contributed by atoms with Crippen molar-refractivity contribution < 1.29 is 23.8 Å². The smallest absolute Gasteiger partial charge is 0.332 e. The van der Waals surface area contributed by atoms with Gasteiger partial charge in [0.25, 0.3) is 0 Å². The second-order valence-corrected chi connectivity index (χ2v) is 6.92. The van der Waals surface area contributed by atoms with Gasteiger partial charge in [0, 0.05) is 6.42 Å². The minimum atomic E-state index is -0.243. The highest BCUT2D eigenvalue weighted by Gasteiger charge is 2.24. The Morgan fingerprint density at radius 3 is 2.22 bits per heavy atom. The molecule has 2 rings (SSSR count). The van der Waals surface area contributed by atoms with Gasteiger partial charge in [0.15, 0.2) is 0 Å². The summed E-state index contributed by atoms with van der Waals surface area (Å²) in [6.45, 7) is 0.604. The van der Waals surface area contributed by atoms with Crippen LogP contribution in [0.1, 0.15) is 64.2 Å². The molecule has 0 bridgehead atoms. The molecule has 0 heterocycles. The van der Waals surface area contributed by atoms with Crippen molar-refractivity contribution in [1.82, 2.24) is 0 Å². The summed E-state index contributed by atoms with van der Waals surface area (Å²) in [6.07, 6.45) is 10.5.